The molecule has 0 saturated carbocycles. The summed E-state index contributed by atoms with van der Waals surface area (Å²) in [6, 6.07) is 7.41. The van der Waals surface area contributed by atoms with Crippen molar-refractivity contribution in [2.75, 3.05) is 5.32 Å². The van der Waals surface area contributed by atoms with Crippen LogP contribution in [0.4, 0.5) is 5.82 Å². The van der Waals surface area contributed by atoms with Gasteiger partial charge in [-0.2, -0.15) is 5.10 Å². The van der Waals surface area contributed by atoms with Crippen molar-refractivity contribution in [1.29, 1.82) is 0 Å². The first-order valence-corrected chi connectivity index (χ1v) is 6.80. The fourth-order valence-corrected chi connectivity index (χ4v) is 2.57. The van der Waals surface area contributed by atoms with Crippen LogP contribution in [-0.2, 0) is 0 Å². The second-order valence-electron chi connectivity index (χ2n) is 4.36. The average Bonchev–Trinajstić information content (AvgIpc) is 3.10. The van der Waals surface area contributed by atoms with E-state index < -0.39 is 0 Å². The Hall–Kier alpha value is -2.41. The van der Waals surface area contributed by atoms with E-state index in [2.05, 4.69) is 20.7 Å². The molecule has 2 N–H and O–H groups in total. The van der Waals surface area contributed by atoms with Gasteiger partial charge >= 0.3 is 0 Å². The van der Waals surface area contributed by atoms with Crippen molar-refractivity contribution in [3.63, 3.8) is 0 Å². The Kier molecular flexibility index (Phi) is 3.11. The number of anilines is 1. The van der Waals surface area contributed by atoms with Crippen molar-refractivity contribution in [3.05, 3.63) is 40.6 Å². The van der Waals surface area contributed by atoms with Gasteiger partial charge in [0.25, 0.3) is 5.91 Å². The first-order chi connectivity index (χ1) is 9.61. The van der Waals surface area contributed by atoms with Crippen molar-refractivity contribution in [1.82, 2.24) is 15.4 Å². The minimum Gasteiger partial charge on any atom is -0.351 e. The van der Waals surface area contributed by atoms with Gasteiger partial charge < -0.3 is 9.84 Å². The minimum atomic E-state index is -0.369. The number of hydrogen-bond acceptors (Lipinski definition) is 5. The van der Waals surface area contributed by atoms with Gasteiger partial charge in [0.1, 0.15) is 0 Å². The number of H-pyrrole nitrogens is 1. The molecule has 0 fully saturated rings. The summed E-state index contributed by atoms with van der Waals surface area (Å²) in [4.78, 5) is 14.2. The lowest BCUT2D eigenvalue weighted by Crippen LogP contribution is -2.11. The van der Waals surface area contributed by atoms with Crippen molar-refractivity contribution in [2.45, 2.75) is 13.8 Å². The van der Waals surface area contributed by atoms with Crippen LogP contribution in [0.5, 0.6) is 0 Å². The molecule has 0 aliphatic carbocycles. The highest BCUT2D eigenvalue weighted by Crippen LogP contribution is 2.27. The summed E-state index contributed by atoms with van der Waals surface area (Å²) in [6.45, 7) is 3.80. The van der Waals surface area contributed by atoms with Gasteiger partial charge in [-0.15, -0.1) is 11.3 Å². The van der Waals surface area contributed by atoms with Crippen LogP contribution in [0.25, 0.3) is 10.6 Å². The van der Waals surface area contributed by atoms with E-state index >= 15 is 0 Å². The van der Waals surface area contributed by atoms with E-state index in [1.165, 1.54) is 4.88 Å². The van der Waals surface area contributed by atoms with E-state index in [4.69, 9.17) is 4.52 Å². The van der Waals surface area contributed by atoms with Gasteiger partial charge in [0.2, 0.25) is 5.76 Å². The third-order valence-corrected chi connectivity index (χ3v) is 3.71. The predicted molar refractivity (Wildman–Crippen MR) is 75.8 cm³/mol. The van der Waals surface area contributed by atoms with Gasteiger partial charge in [-0.25, -0.2) is 0 Å². The Morgan fingerprint density at radius 1 is 1.35 bits per heavy atom. The number of nitrogens with one attached hydrogen (secondary N) is 2. The van der Waals surface area contributed by atoms with E-state index in [1.54, 1.807) is 30.4 Å². The number of carbonyl (C=O) groups is 1. The van der Waals surface area contributed by atoms with E-state index in [-0.39, 0.29) is 11.7 Å². The van der Waals surface area contributed by atoms with E-state index in [0.29, 0.717) is 11.5 Å². The molecule has 0 aromatic carbocycles. The summed E-state index contributed by atoms with van der Waals surface area (Å²) < 4.78 is 4.90. The molecule has 0 aliphatic heterocycles. The Morgan fingerprint density at radius 3 is 2.85 bits per heavy atom. The first-order valence-electron chi connectivity index (χ1n) is 5.99. The summed E-state index contributed by atoms with van der Waals surface area (Å²) in [5, 5.41) is 13.3. The monoisotopic (exact) mass is 288 g/mol. The molecule has 0 saturated heterocycles. The third-order valence-electron chi connectivity index (χ3n) is 2.68. The predicted octanol–water partition coefficient (Wildman–Crippen LogP) is 3.00. The Bertz CT molecular complexity index is 756. The fraction of sp³-hybridized carbons (Fsp3) is 0.154. The quantitative estimate of drug-likeness (QED) is 0.776. The number of nitrogens with zero attached hydrogens (tertiary/aromatic N) is 2. The molecule has 0 radical (unpaired) electrons. The molecule has 0 unspecified atom stereocenters. The van der Waals surface area contributed by atoms with Crippen LogP contribution in [0.15, 0.2) is 28.8 Å². The largest absolute Gasteiger partial charge is 0.351 e. The molecule has 20 heavy (non-hydrogen) atoms. The second kappa shape index (κ2) is 4.93. The topological polar surface area (TPSA) is 83.8 Å². The minimum absolute atomic E-state index is 0.166. The molecule has 1 amide bonds. The Balaban J connectivity index is 1.76. The lowest BCUT2D eigenvalue weighted by Gasteiger charge is -1.95. The molecule has 0 aliphatic rings. The van der Waals surface area contributed by atoms with Gasteiger partial charge in [0.15, 0.2) is 5.82 Å². The number of thiophene rings is 1. The number of carbonyl (C=O) groups excluding carboxylic acids is 1. The van der Waals surface area contributed by atoms with Gasteiger partial charge in [-0.1, -0.05) is 5.16 Å². The first kappa shape index (κ1) is 12.6. The van der Waals surface area contributed by atoms with Crippen LogP contribution in [0.2, 0.25) is 0 Å². The van der Waals surface area contributed by atoms with Crippen LogP contribution in [0.3, 0.4) is 0 Å². The van der Waals surface area contributed by atoms with E-state index in [0.717, 1.165) is 10.6 Å². The number of hydrogen-bond donors (Lipinski definition) is 2. The van der Waals surface area contributed by atoms with Gasteiger partial charge in [0.05, 0.1) is 16.3 Å². The fourth-order valence-electron chi connectivity index (χ4n) is 1.74. The van der Waals surface area contributed by atoms with Gasteiger partial charge in [-0.3, -0.25) is 9.89 Å². The summed E-state index contributed by atoms with van der Waals surface area (Å²) in [7, 11) is 0. The Labute approximate surface area is 118 Å². The summed E-state index contributed by atoms with van der Waals surface area (Å²) in [5.41, 5.74) is 1.53. The van der Waals surface area contributed by atoms with Gasteiger partial charge in [0, 0.05) is 17.0 Å². The maximum atomic E-state index is 11.9. The van der Waals surface area contributed by atoms with Crippen molar-refractivity contribution < 1.29 is 9.32 Å². The SMILES string of the molecule is Cc1cc(C(=O)Nc2cc(-c3ccc(C)s3)[nH]n2)on1. The molecular weight excluding hydrogens is 276 g/mol. The number of aromatic nitrogens is 3. The molecule has 3 rings (SSSR count). The van der Waals surface area contributed by atoms with Crippen molar-refractivity contribution in [2.24, 2.45) is 0 Å². The normalized spacial score (nSPS) is 10.7. The second-order valence-corrected chi connectivity index (χ2v) is 5.65. The molecule has 3 heterocycles. The van der Waals surface area contributed by atoms with Crippen LogP contribution in [0.1, 0.15) is 21.1 Å². The highest BCUT2D eigenvalue weighted by Gasteiger charge is 2.14. The summed E-state index contributed by atoms with van der Waals surface area (Å²) >= 11 is 1.66. The number of amides is 1. The highest BCUT2D eigenvalue weighted by molar-refractivity contribution is 7.15. The van der Waals surface area contributed by atoms with E-state index in [1.807, 2.05) is 19.1 Å². The standard InChI is InChI=1S/C13H12N4O2S/c1-7-5-10(19-17-7)13(18)14-12-6-9(15-16-12)11-4-3-8(2)20-11/h3-6H,1-2H3,(H2,14,15,16,18). The number of aryl methyl sites for hydroxylation is 2. The lowest BCUT2D eigenvalue weighted by molar-refractivity contribution is 0.0987. The van der Waals surface area contributed by atoms with Crippen molar-refractivity contribution >= 4 is 23.1 Å². The number of aromatic amines is 1. The molecule has 3 aromatic heterocycles. The molecule has 0 atom stereocenters. The zero-order valence-electron chi connectivity index (χ0n) is 10.9. The zero-order valence-corrected chi connectivity index (χ0v) is 11.7. The highest BCUT2D eigenvalue weighted by atomic mass is 32.1. The summed E-state index contributed by atoms with van der Waals surface area (Å²) in [6.07, 6.45) is 0. The molecule has 102 valence electrons. The van der Waals surface area contributed by atoms with Crippen LogP contribution in [0, 0.1) is 13.8 Å². The van der Waals surface area contributed by atoms with Crippen molar-refractivity contribution in [3.8, 4) is 10.6 Å². The smallest absolute Gasteiger partial charge is 0.295 e. The third kappa shape index (κ3) is 2.48. The molecule has 3 aromatic rings. The molecule has 7 heteroatoms. The lowest BCUT2D eigenvalue weighted by atomic mass is 10.3. The maximum absolute atomic E-state index is 11.9. The van der Waals surface area contributed by atoms with Crippen LogP contribution < -0.4 is 5.32 Å². The zero-order chi connectivity index (χ0) is 14.1. The maximum Gasteiger partial charge on any atom is 0.295 e. The molecule has 0 spiro atoms. The van der Waals surface area contributed by atoms with Crippen LogP contribution in [-0.4, -0.2) is 21.3 Å². The molecule has 6 nitrogen and oxygen atoms in total. The molecular formula is C13H12N4O2S. The van der Waals surface area contributed by atoms with Gasteiger partial charge in [-0.05, 0) is 26.0 Å². The number of rotatable bonds is 3. The van der Waals surface area contributed by atoms with Crippen LogP contribution >= 0.6 is 11.3 Å². The Morgan fingerprint density at radius 2 is 2.20 bits per heavy atom. The average molecular weight is 288 g/mol. The van der Waals surface area contributed by atoms with E-state index in [9.17, 15) is 4.79 Å². The molecule has 0 bridgehead atoms. The summed E-state index contributed by atoms with van der Waals surface area (Å²) in [5.74, 6) is 0.245.